The molecule has 132 valence electrons. The summed E-state index contributed by atoms with van der Waals surface area (Å²) in [5, 5.41) is 7.26. The van der Waals surface area contributed by atoms with Crippen molar-refractivity contribution < 1.29 is 18.7 Å². The van der Waals surface area contributed by atoms with E-state index in [1.54, 1.807) is 12.1 Å². The summed E-state index contributed by atoms with van der Waals surface area (Å²) in [6.45, 7) is 4.98. The van der Waals surface area contributed by atoms with Crippen LogP contribution in [0.1, 0.15) is 13.8 Å². The number of nitrogens with one attached hydrogen (secondary N) is 3. The maximum absolute atomic E-state index is 14.4. The fourth-order valence-electron chi connectivity index (χ4n) is 2.64. The lowest BCUT2D eigenvalue weighted by Crippen LogP contribution is -2.45. The standard InChI is InChI=1S/C16H23FN4O3/c1-10-8-21(9-11(2)24-10)14-5-4-12(6-13(14)17)20-16(23)19-7-15(22)18-3/h4-6,10-11H,7-9H2,1-3H3,(H,18,22)(H2,19,20,23). The van der Waals surface area contributed by atoms with Crippen LogP contribution in [0, 0.1) is 5.82 Å². The summed E-state index contributed by atoms with van der Waals surface area (Å²) in [5.41, 5.74) is 0.799. The van der Waals surface area contributed by atoms with Crippen LogP contribution in [0.5, 0.6) is 0 Å². The van der Waals surface area contributed by atoms with Gasteiger partial charge in [-0.25, -0.2) is 9.18 Å². The topological polar surface area (TPSA) is 82.7 Å². The van der Waals surface area contributed by atoms with Gasteiger partial charge >= 0.3 is 6.03 Å². The summed E-state index contributed by atoms with van der Waals surface area (Å²) in [7, 11) is 1.48. The molecule has 1 heterocycles. The summed E-state index contributed by atoms with van der Waals surface area (Å²) in [6.07, 6.45) is 0.0582. The third-order valence-corrected chi connectivity index (χ3v) is 3.65. The van der Waals surface area contributed by atoms with Crippen LogP contribution in [-0.4, -0.2) is 50.8 Å². The molecule has 1 aliphatic rings. The Bertz CT molecular complexity index is 601. The number of anilines is 2. The van der Waals surface area contributed by atoms with Crippen molar-refractivity contribution in [3.63, 3.8) is 0 Å². The molecule has 0 aliphatic carbocycles. The van der Waals surface area contributed by atoms with Crippen molar-refractivity contribution >= 4 is 23.3 Å². The van der Waals surface area contributed by atoms with Gasteiger partial charge in [-0.05, 0) is 32.0 Å². The number of nitrogens with zero attached hydrogens (tertiary/aromatic N) is 1. The van der Waals surface area contributed by atoms with Gasteiger partial charge in [-0.3, -0.25) is 4.79 Å². The molecule has 0 aromatic heterocycles. The van der Waals surface area contributed by atoms with E-state index < -0.39 is 11.8 Å². The van der Waals surface area contributed by atoms with E-state index in [-0.39, 0.29) is 24.7 Å². The number of carbonyl (C=O) groups excluding carboxylic acids is 2. The number of amides is 3. The average Bonchev–Trinajstić information content (AvgIpc) is 2.51. The second kappa shape index (κ2) is 7.96. The minimum Gasteiger partial charge on any atom is -0.372 e. The maximum atomic E-state index is 14.4. The first-order valence-electron chi connectivity index (χ1n) is 7.84. The first-order chi connectivity index (χ1) is 11.4. The quantitative estimate of drug-likeness (QED) is 0.773. The molecule has 0 radical (unpaired) electrons. The van der Waals surface area contributed by atoms with Crippen LogP contribution in [0.2, 0.25) is 0 Å². The van der Waals surface area contributed by atoms with E-state index in [1.807, 2.05) is 18.7 Å². The number of halogens is 1. The lowest BCUT2D eigenvalue weighted by molar-refractivity contribution is -0.119. The van der Waals surface area contributed by atoms with Crippen molar-refractivity contribution in [1.29, 1.82) is 0 Å². The molecule has 7 nitrogen and oxygen atoms in total. The smallest absolute Gasteiger partial charge is 0.319 e. The second-order valence-electron chi connectivity index (χ2n) is 5.81. The van der Waals surface area contributed by atoms with Gasteiger partial charge in [0.1, 0.15) is 5.82 Å². The van der Waals surface area contributed by atoms with Crippen LogP contribution in [0.3, 0.4) is 0 Å². The first kappa shape index (κ1) is 18.0. The lowest BCUT2D eigenvalue weighted by atomic mass is 10.2. The third kappa shape index (κ3) is 4.82. The minimum atomic E-state index is -0.570. The number of hydrogen-bond acceptors (Lipinski definition) is 4. The Morgan fingerprint density at radius 1 is 1.29 bits per heavy atom. The Balaban J connectivity index is 1.99. The van der Waals surface area contributed by atoms with Gasteiger partial charge in [0.25, 0.3) is 0 Å². The molecule has 1 saturated heterocycles. The molecule has 24 heavy (non-hydrogen) atoms. The van der Waals surface area contributed by atoms with Crippen LogP contribution in [-0.2, 0) is 9.53 Å². The van der Waals surface area contributed by atoms with Crippen molar-refractivity contribution in [1.82, 2.24) is 10.6 Å². The molecule has 8 heteroatoms. The fraction of sp³-hybridized carbons (Fsp3) is 0.500. The SMILES string of the molecule is CNC(=O)CNC(=O)Nc1ccc(N2CC(C)OC(C)C2)c(F)c1. The molecule has 1 aliphatic heterocycles. The molecule has 2 unspecified atom stereocenters. The van der Waals surface area contributed by atoms with Crippen LogP contribution in [0.15, 0.2) is 18.2 Å². The Morgan fingerprint density at radius 2 is 1.96 bits per heavy atom. The molecular formula is C16H23FN4O3. The number of likely N-dealkylation sites (N-methyl/N-ethyl adjacent to an activating group) is 1. The Kier molecular flexibility index (Phi) is 5.97. The van der Waals surface area contributed by atoms with Gasteiger partial charge in [0.2, 0.25) is 5.91 Å². The van der Waals surface area contributed by atoms with E-state index in [0.29, 0.717) is 24.5 Å². The number of urea groups is 1. The van der Waals surface area contributed by atoms with E-state index in [2.05, 4.69) is 16.0 Å². The Morgan fingerprint density at radius 3 is 2.54 bits per heavy atom. The second-order valence-corrected chi connectivity index (χ2v) is 5.81. The molecular weight excluding hydrogens is 315 g/mol. The van der Waals surface area contributed by atoms with Crippen molar-refractivity contribution in [2.75, 3.05) is 36.9 Å². The minimum absolute atomic E-state index is 0.0291. The van der Waals surface area contributed by atoms with Crippen molar-refractivity contribution in [3.05, 3.63) is 24.0 Å². The van der Waals surface area contributed by atoms with E-state index in [9.17, 15) is 14.0 Å². The van der Waals surface area contributed by atoms with Gasteiger partial charge in [0.15, 0.2) is 0 Å². The highest BCUT2D eigenvalue weighted by Crippen LogP contribution is 2.26. The summed E-state index contributed by atoms with van der Waals surface area (Å²) >= 11 is 0. The summed E-state index contributed by atoms with van der Waals surface area (Å²) in [6, 6.07) is 3.95. The van der Waals surface area contributed by atoms with Gasteiger partial charge in [-0.1, -0.05) is 0 Å². The van der Waals surface area contributed by atoms with Crippen LogP contribution < -0.4 is 20.9 Å². The zero-order chi connectivity index (χ0) is 17.7. The lowest BCUT2D eigenvalue weighted by Gasteiger charge is -2.37. The van der Waals surface area contributed by atoms with E-state index >= 15 is 0 Å². The predicted molar refractivity (Wildman–Crippen MR) is 89.7 cm³/mol. The van der Waals surface area contributed by atoms with Crippen molar-refractivity contribution in [3.8, 4) is 0 Å². The number of rotatable bonds is 4. The first-order valence-corrected chi connectivity index (χ1v) is 7.84. The van der Waals surface area contributed by atoms with Crippen molar-refractivity contribution in [2.45, 2.75) is 26.1 Å². The molecule has 1 aromatic rings. The highest BCUT2D eigenvalue weighted by Gasteiger charge is 2.24. The summed E-state index contributed by atoms with van der Waals surface area (Å²) < 4.78 is 20.0. The zero-order valence-electron chi connectivity index (χ0n) is 14.1. The van der Waals surface area contributed by atoms with E-state index in [4.69, 9.17) is 4.74 Å². The van der Waals surface area contributed by atoms with E-state index in [0.717, 1.165) is 0 Å². The third-order valence-electron chi connectivity index (χ3n) is 3.65. The summed E-state index contributed by atoms with van der Waals surface area (Å²) in [4.78, 5) is 24.7. The van der Waals surface area contributed by atoms with Gasteiger partial charge in [0, 0.05) is 25.8 Å². The fourth-order valence-corrected chi connectivity index (χ4v) is 2.64. The van der Waals surface area contributed by atoms with Crippen LogP contribution >= 0.6 is 0 Å². The molecule has 3 N–H and O–H groups in total. The maximum Gasteiger partial charge on any atom is 0.319 e. The van der Waals surface area contributed by atoms with Gasteiger partial charge < -0.3 is 25.6 Å². The number of benzene rings is 1. The average molecular weight is 338 g/mol. The Hall–Kier alpha value is -2.35. The zero-order valence-corrected chi connectivity index (χ0v) is 14.1. The monoisotopic (exact) mass is 338 g/mol. The van der Waals surface area contributed by atoms with Crippen LogP contribution in [0.25, 0.3) is 0 Å². The van der Waals surface area contributed by atoms with Crippen molar-refractivity contribution in [2.24, 2.45) is 0 Å². The van der Waals surface area contributed by atoms with Crippen LogP contribution in [0.4, 0.5) is 20.6 Å². The molecule has 0 saturated carbocycles. The molecule has 2 atom stereocenters. The van der Waals surface area contributed by atoms with Gasteiger partial charge in [0.05, 0.1) is 24.4 Å². The number of ether oxygens (including phenoxy) is 1. The molecule has 0 bridgehead atoms. The largest absolute Gasteiger partial charge is 0.372 e. The summed E-state index contributed by atoms with van der Waals surface area (Å²) in [5.74, 6) is -0.734. The van der Waals surface area contributed by atoms with Gasteiger partial charge in [-0.2, -0.15) is 0 Å². The molecule has 1 aromatic carbocycles. The molecule has 0 spiro atoms. The highest BCUT2D eigenvalue weighted by molar-refractivity contribution is 5.92. The van der Waals surface area contributed by atoms with Gasteiger partial charge in [-0.15, -0.1) is 0 Å². The molecule has 2 rings (SSSR count). The Labute approximate surface area is 140 Å². The molecule has 3 amide bonds. The highest BCUT2D eigenvalue weighted by atomic mass is 19.1. The predicted octanol–water partition coefficient (Wildman–Crippen LogP) is 1.31. The normalized spacial score (nSPS) is 20.4. The number of morpholine rings is 1. The molecule has 1 fully saturated rings. The number of carbonyl (C=O) groups is 2. The number of hydrogen-bond donors (Lipinski definition) is 3. The van der Waals surface area contributed by atoms with E-state index in [1.165, 1.54) is 13.1 Å².